The number of amides is 1. The number of aromatic nitrogens is 4. The summed E-state index contributed by atoms with van der Waals surface area (Å²) in [5.41, 5.74) is 1.35. The molecule has 0 fully saturated rings. The zero-order valence-electron chi connectivity index (χ0n) is 17.5. The molecule has 0 unspecified atom stereocenters. The molecule has 0 saturated heterocycles. The third kappa shape index (κ3) is 3.74. The number of carbonyl (C=O) groups is 1. The predicted octanol–water partition coefficient (Wildman–Crippen LogP) is 2.63. The van der Waals surface area contributed by atoms with Crippen LogP contribution >= 0.6 is 11.3 Å². The molecule has 0 aliphatic rings. The first-order valence-electron chi connectivity index (χ1n) is 9.98. The minimum absolute atomic E-state index is 0.169. The molecule has 1 aromatic carbocycles. The second kappa shape index (κ2) is 8.38. The molecule has 0 aliphatic heterocycles. The van der Waals surface area contributed by atoms with E-state index in [2.05, 4.69) is 10.4 Å². The smallest absolute Gasteiger partial charge is 0.352 e. The van der Waals surface area contributed by atoms with Crippen molar-refractivity contribution in [1.82, 2.24) is 18.7 Å². The molecule has 0 aliphatic carbocycles. The van der Waals surface area contributed by atoms with E-state index < -0.39 is 11.6 Å². The lowest BCUT2D eigenvalue weighted by atomic mass is 10.2. The van der Waals surface area contributed by atoms with Gasteiger partial charge in [-0.25, -0.2) is 13.9 Å². The Balaban J connectivity index is 1.74. The van der Waals surface area contributed by atoms with E-state index in [0.717, 1.165) is 23.1 Å². The number of ether oxygens (including phenoxy) is 1. The van der Waals surface area contributed by atoms with Gasteiger partial charge in [-0.15, -0.1) is 16.4 Å². The Morgan fingerprint density at radius 1 is 1.26 bits per heavy atom. The molecule has 0 saturated carbocycles. The first kappa shape index (κ1) is 20.9. The van der Waals surface area contributed by atoms with Crippen molar-refractivity contribution in [2.45, 2.75) is 39.8 Å². The highest BCUT2D eigenvalue weighted by Crippen LogP contribution is 2.25. The van der Waals surface area contributed by atoms with Crippen LogP contribution in [0.5, 0.6) is 5.75 Å². The van der Waals surface area contributed by atoms with E-state index in [4.69, 9.17) is 4.74 Å². The number of hydrogen-bond donors (Lipinski definition) is 1. The Morgan fingerprint density at radius 2 is 2.06 bits per heavy atom. The van der Waals surface area contributed by atoms with Gasteiger partial charge in [-0.1, -0.05) is 19.4 Å². The number of aryl methyl sites for hydroxylation is 2. The third-order valence-corrected chi connectivity index (χ3v) is 5.94. The number of thiophene rings is 1. The van der Waals surface area contributed by atoms with Crippen molar-refractivity contribution in [2.75, 3.05) is 12.4 Å². The molecule has 0 bridgehead atoms. The molecule has 4 aromatic rings. The highest BCUT2D eigenvalue weighted by molar-refractivity contribution is 7.17. The summed E-state index contributed by atoms with van der Waals surface area (Å²) >= 11 is 1.29. The maximum Gasteiger partial charge on any atom is 0.352 e. The van der Waals surface area contributed by atoms with E-state index in [9.17, 15) is 14.4 Å². The third-order valence-electron chi connectivity index (χ3n) is 5.05. The van der Waals surface area contributed by atoms with Gasteiger partial charge in [-0.2, -0.15) is 0 Å². The van der Waals surface area contributed by atoms with Crippen LogP contribution in [0.2, 0.25) is 0 Å². The van der Waals surface area contributed by atoms with Crippen molar-refractivity contribution >= 4 is 38.9 Å². The molecule has 0 atom stereocenters. The van der Waals surface area contributed by atoms with E-state index in [1.54, 1.807) is 23.6 Å². The lowest BCUT2D eigenvalue weighted by molar-refractivity contribution is -0.117. The van der Waals surface area contributed by atoms with Crippen LogP contribution in [-0.2, 0) is 17.9 Å². The highest BCUT2D eigenvalue weighted by atomic mass is 32.1. The van der Waals surface area contributed by atoms with Crippen molar-refractivity contribution in [2.24, 2.45) is 0 Å². The molecule has 31 heavy (non-hydrogen) atoms. The van der Waals surface area contributed by atoms with E-state index in [-0.39, 0.29) is 17.9 Å². The molecule has 162 valence electrons. The molecule has 10 heteroatoms. The van der Waals surface area contributed by atoms with Crippen LogP contribution in [0.15, 0.2) is 39.2 Å². The Labute approximate surface area is 181 Å². The second-order valence-corrected chi connectivity index (χ2v) is 8.19. The Bertz CT molecular complexity index is 1390. The fourth-order valence-electron chi connectivity index (χ4n) is 3.50. The van der Waals surface area contributed by atoms with Crippen LogP contribution in [0, 0.1) is 6.92 Å². The van der Waals surface area contributed by atoms with E-state index in [1.165, 1.54) is 27.4 Å². The molecule has 1 N–H and O–H groups in total. The number of benzene rings is 1. The molecule has 1 amide bonds. The zero-order chi connectivity index (χ0) is 22.1. The van der Waals surface area contributed by atoms with E-state index in [1.807, 2.05) is 19.9 Å². The summed E-state index contributed by atoms with van der Waals surface area (Å²) in [4.78, 5) is 38.7. The maximum atomic E-state index is 13.1. The number of rotatable bonds is 7. The number of unbranched alkanes of at least 4 members (excludes halogenated alkanes) is 1. The molecule has 0 spiro atoms. The van der Waals surface area contributed by atoms with E-state index >= 15 is 0 Å². The number of hydrogen-bond acceptors (Lipinski definition) is 6. The van der Waals surface area contributed by atoms with Crippen LogP contribution in [0.25, 0.3) is 16.0 Å². The average molecular weight is 442 g/mol. The number of anilines is 1. The number of methoxy groups -OCH3 is 1. The van der Waals surface area contributed by atoms with Crippen molar-refractivity contribution < 1.29 is 9.53 Å². The summed E-state index contributed by atoms with van der Waals surface area (Å²) in [5, 5.41) is 8.89. The summed E-state index contributed by atoms with van der Waals surface area (Å²) in [6.45, 7) is 4.10. The van der Waals surface area contributed by atoms with Crippen LogP contribution < -0.4 is 21.3 Å². The normalized spacial score (nSPS) is 11.3. The minimum Gasteiger partial charge on any atom is -0.495 e. The average Bonchev–Trinajstić information content (AvgIpc) is 3.33. The summed E-state index contributed by atoms with van der Waals surface area (Å²) in [6, 6.07) is 7.16. The Kier molecular flexibility index (Phi) is 5.64. The summed E-state index contributed by atoms with van der Waals surface area (Å²) < 4.78 is 9.80. The minimum atomic E-state index is -0.463. The molecule has 4 rings (SSSR count). The highest BCUT2D eigenvalue weighted by Gasteiger charge is 2.19. The van der Waals surface area contributed by atoms with Gasteiger partial charge >= 0.3 is 5.69 Å². The summed E-state index contributed by atoms with van der Waals surface area (Å²) in [6.07, 6.45) is 1.67. The number of nitrogens with one attached hydrogen (secondary N) is 1. The number of carbonyl (C=O) groups excluding carboxylic acids is 1. The van der Waals surface area contributed by atoms with Gasteiger partial charge in [0.1, 0.15) is 17.0 Å². The van der Waals surface area contributed by atoms with Gasteiger partial charge in [0.15, 0.2) is 0 Å². The summed E-state index contributed by atoms with van der Waals surface area (Å²) in [5.74, 6) is 0.350. The number of nitrogens with zero attached hydrogens (tertiary/aromatic N) is 4. The second-order valence-electron chi connectivity index (χ2n) is 7.27. The molecular formula is C21H23N5O4S. The SMILES string of the molecule is CCCCn1c(=O)c2sccc2n2c(=O)n(CC(=O)Nc3cc(C)ccc3OC)nc12. The zero-order valence-corrected chi connectivity index (χ0v) is 18.4. The quantitative estimate of drug-likeness (QED) is 0.475. The first-order chi connectivity index (χ1) is 14.9. The van der Waals surface area contributed by atoms with Gasteiger partial charge in [0.25, 0.3) is 5.56 Å². The monoisotopic (exact) mass is 441 g/mol. The van der Waals surface area contributed by atoms with Gasteiger partial charge in [-0.3, -0.25) is 14.2 Å². The van der Waals surface area contributed by atoms with Crippen LogP contribution in [0.4, 0.5) is 5.69 Å². The van der Waals surface area contributed by atoms with Gasteiger partial charge in [0, 0.05) is 6.54 Å². The van der Waals surface area contributed by atoms with Gasteiger partial charge in [0.2, 0.25) is 11.7 Å². The fourth-order valence-corrected chi connectivity index (χ4v) is 4.32. The van der Waals surface area contributed by atoms with Crippen LogP contribution in [0.1, 0.15) is 25.3 Å². The van der Waals surface area contributed by atoms with E-state index in [0.29, 0.717) is 28.2 Å². The standard InChI is InChI=1S/C21H23N5O4S/c1-4-5-9-24-19(28)18-15(8-10-31-18)26-20(24)23-25(21(26)29)12-17(27)22-14-11-13(2)6-7-16(14)30-3/h6-8,10-11H,4-5,9,12H2,1-3H3,(H,22,27). The van der Waals surface area contributed by atoms with Gasteiger partial charge < -0.3 is 10.1 Å². The topological polar surface area (TPSA) is 99.6 Å². The molecule has 3 heterocycles. The first-order valence-corrected chi connectivity index (χ1v) is 10.9. The van der Waals surface area contributed by atoms with Crippen molar-refractivity contribution in [1.29, 1.82) is 0 Å². The number of fused-ring (bicyclic) bond motifs is 3. The Morgan fingerprint density at radius 3 is 2.81 bits per heavy atom. The van der Waals surface area contributed by atoms with Gasteiger partial charge in [-0.05, 0) is 42.5 Å². The van der Waals surface area contributed by atoms with Crippen molar-refractivity contribution in [3.8, 4) is 5.75 Å². The van der Waals surface area contributed by atoms with Crippen LogP contribution in [-0.4, -0.2) is 31.8 Å². The lowest BCUT2D eigenvalue weighted by Gasteiger charge is -2.10. The van der Waals surface area contributed by atoms with Gasteiger partial charge in [0.05, 0.1) is 18.3 Å². The van der Waals surface area contributed by atoms with Crippen molar-refractivity contribution in [3.05, 3.63) is 56.0 Å². The Hall–Kier alpha value is -3.40. The predicted molar refractivity (Wildman–Crippen MR) is 120 cm³/mol. The van der Waals surface area contributed by atoms with Crippen molar-refractivity contribution in [3.63, 3.8) is 0 Å². The molecular weight excluding hydrogens is 418 g/mol. The maximum absolute atomic E-state index is 13.1. The fraction of sp³-hybridized carbons (Fsp3) is 0.333. The molecule has 3 aromatic heterocycles. The summed E-state index contributed by atoms with van der Waals surface area (Å²) in [7, 11) is 1.52. The largest absolute Gasteiger partial charge is 0.495 e. The lowest BCUT2D eigenvalue weighted by Crippen LogP contribution is -2.29. The molecule has 0 radical (unpaired) electrons. The molecule has 9 nitrogen and oxygen atoms in total. The van der Waals surface area contributed by atoms with Crippen LogP contribution in [0.3, 0.4) is 0 Å².